The maximum atomic E-state index is 13.6. The molecule has 1 aromatic heterocycles. The summed E-state index contributed by atoms with van der Waals surface area (Å²) in [7, 11) is 0. The molecule has 5 heteroatoms. The zero-order valence-corrected chi connectivity index (χ0v) is 11.1. The SMILES string of the molecule is Fc1cnccc1C(N=S)c1cccc(Br)c1. The van der Waals surface area contributed by atoms with Gasteiger partial charge in [-0.25, -0.2) is 8.75 Å². The van der Waals surface area contributed by atoms with E-state index in [4.69, 9.17) is 12.4 Å². The molecule has 86 valence electrons. The third-order valence-electron chi connectivity index (χ3n) is 2.37. The first-order valence-electron chi connectivity index (χ1n) is 4.89. The molecule has 0 aliphatic carbocycles. The van der Waals surface area contributed by atoms with Gasteiger partial charge in [0, 0.05) is 28.7 Å². The van der Waals surface area contributed by atoms with Gasteiger partial charge in [-0.05, 0) is 23.8 Å². The average molecular weight is 311 g/mol. The standard InChI is InChI=1S/C12H8BrFN2S/c13-9-3-1-2-8(6-9)12(16-17)10-4-5-15-7-11(10)14/h1-7,12H. The Bertz CT molecular complexity index is 548. The predicted octanol–water partition coefficient (Wildman–Crippen LogP) is 3.80. The van der Waals surface area contributed by atoms with Crippen LogP contribution in [0.1, 0.15) is 17.2 Å². The van der Waals surface area contributed by atoms with Gasteiger partial charge in [0.15, 0.2) is 0 Å². The van der Waals surface area contributed by atoms with Crippen molar-refractivity contribution in [3.63, 3.8) is 0 Å². The average Bonchev–Trinajstić information content (AvgIpc) is 2.33. The first-order valence-corrected chi connectivity index (χ1v) is 6.05. The third-order valence-corrected chi connectivity index (χ3v) is 3.07. The number of nitrogens with zero attached hydrogens (tertiary/aromatic N) is 2. The molecular formula is C12H8BrFN2S. The highest BCUT2D eigenvalue weighted by Crippen LogP contribution is 2.28. The molecule has 2 aromatic rings. The monoisotopic (exact) mass is 310 g/mol. The van der Waals surface area contributed by atoms with E-state index in [0.29, 0.717) is 5.56 Å². The van der Waals surface area contributed by atoms with Crippen molar-refractivity contribution in [1.29, 1.82) is 0 Å². The molecule has 1 aromatic carbocycles. The molecule has 0 saturated carbocycles. The Labute approximate surface area is 112 Å². The van der Waals surface area contributed by atoms with Crippen LogP contribution in [-0.4, -0.2) is 4.98 Å². The molecular weight excluding hydrogens is 303 g/mol. The summed E-state index contributed by atoms with van der Waals surface area (Å²) in [5, 5.41) is 0. The Hall–Kier alpha value is -1.20. The fraction of sp³-hybridized carbons (Fsp3) is 0.0833. The molecule has 1 heterocycles. The number of aromatic nitrogens is 1. The third kappa shape index (κ3) is 2.73. The maximum Gasteiger partial charge on any atom is 0.147 e. The fourth-order valence-corrected chi connectivity index (χ4v) is 2.23. The lowest BCUT2D eigenvalue weighted by Crippen LogP contribution is -2.01. The van der Waals surface area contributed by atoms with E-state index >= 15 is 0 Å². The highest BCUT2D eigenvalue weighted by molar-refractivity contribution is 9.10. The summed E-state index contributed by atoms with van der Waals surface area (Å²) < 4.78 is 18.4. The van der Waals surface area contributed by atoms with Gasteiger partial charge in [0.2, 0.25) is 0 Å². The number of pyridine rings is 1. The molecule has 0 radical (unpaired) electrons. The zero-order chi connectivity index (χ0) is 12.3. The summed E-state index contributed by atoms with van der Waals surface area (Å²) in [6, 6.07) is 8.62. The molecule has 0 spiro atoms. The Morgan fingerprint density at radius 2 is 2.18 bits per heavy atom. The van der Waals surface area contributed by atoms with Crippen LogP contribution >= 0.6 is 15.9 Å². The minimum atomic E-state index is -0.481. The van der Waals surface area contributed by atoms with Gasteiger partial charge < -0.3 is 0 Å². The summed E-state index contributed by atoms with van der Waals surface area (Å²) in [6.07, 6.45) is 2.70. The maximum absolute atomic E-state index is 13.6. The molecule has 0 fully saturated rings. The first kappa shape index (κ1) is 12.3. The van der Waals surface area contributed by atoms with Crippen LogP contribution in [0, 0.1) is 5.82 Å². The Morgan fingerprint density at radius 1 is 1.35 bits per heavy atom. The van der Waals surface area contributed by atoms with E-state index < -0.39 is 11.9 Å². The van der Waals surface area contributed by atoms with Crippen LogP contribution in [-0.2, 0) is 12.4 Å². The van der Waals surface area contributed by atoms with E-state index in [9.17, 15) is 4.39 Å². The molecule has 0 aliphatic rings. The molecule has 1 unspecified atom stereocenters. The van der Waals surface area contributed by atoms with E-state index in [1.807, 2.05) is 24.3 Å². The molecule has 2 rings (SSSR count). The van der Waals surface area contributed by atoms with Gasteiger partial charge in [-0.3, -0.25) is 4.98 Å². The number of rotatable bonds is 3. The minimum Gasteiger partial charge on any atom is -0.262 e. The second-order valence-electron chi connectivity index (χ2n) is 3.46. The van der Waals surface area contributed by atoms with Gasteiger partial charge in [0.25, 0.3) is 0 Å². The minimum absolute atomic E-state index is 0.397. The van der Waals surface area contributed by atoms with Crippen molar-refractivity contribution in [2.24, 2.45) is 4.36 Å². The van der Waals surface area contributed by atoms with Crippen LogP contribution in [0.2, 0.25) is 0 Å². The first-order chi connectivity index (χ1) is 8.22. The number of hydrogen-bond acceptors (Lipinski definition) is 3. The van der Waals surface area contributed by atoms with Gasteiger partial charge in [0.05, 0.1) is 6.20 Å². The lowest BCUT2D eigenvalue weighted by atomic mass is 10.0. The van der Waals surface area contributed by atoms with Crippen molar-refractivity contribution < 1.29 is 4.39 Å². The molecule has 17 heavy (non-hydrogen) atoms. The Kier molecular flexibility index (Phi) is 3.91. The van der Waals surface area contributed by atoms with Crippen molar-refractivity contribution in [1.82, 2.24) is 4.98 Å². The van der Waals surface area contributed by atoms with Gasteiger partial charge in [-0.2, -0.15) is 0 Å². The number of benzene rings is 1. The smallest absolute Gasteiger partial charge is 0.147 e. The summed E-state index contributed by atoms with van der Waals surface area (Å²) >= 11 is 8.13. The fourth-order valence-electron chi connectivity index (χ4n) is 1.58. The highest BCUT2D eigenvalue weighted by atomic mass is 79.9. The van der Waals surface area contributed by atoms with Crippen LogP contribution in [0.4, 0.5) is 4.39 Å². The molecule has 0 bridgehead atoms. The number of hydrogen-bond donors (Lipinski definition) is 0. The molecule has 0 amide bonds. The van der Waals surface area contributed by atoms with E-state index in [-0.39, 0.29) is 0 Å². The van der Waals surface area contributed by atoms with E-state index in [2.05, 4.69) is 25.3 Å². The van der Waals surface area contributed by atoms with Crippen LogP contribution in [0.3, 0.4) is 0 Å². The lowest BCUT2D eigenvalue weighted by Gasteiger charge is -2.12. The van der Waals surface area contributed by atoms with E-state index in [0.717, 1.165) is 10.0 Å². The van der Waals surface area contributed by atoms with Crippen LogP contribution in [0.15, 0.2) is 51.6 Å². The quantitative estimate of drug-likeness (QED) is 0.861. The zero-order valence-electron chi connectivity index (χ0n) is 8.68. The van der Waals surface area contributed by atoms with Gasteiger partial charge in [-0.15, -0.1) is 0 Å². The van der Waals surface area contributed by atoms with Gasteiger partial charge >= 0.3 is 0 Å². The molecule has 1 atom stereocenters. The van der Waals surface area contributed by atoms with E-state index in [1.54, 1.807) is 6.07 Å². The largest absolute Gasteiger partial charge is 0.262 e. The summed E-state index contributed by atoms with van der Waals surface area (Å²) in [5.41, 5.74) is 1.28. The van der Waals surface area contributed by atoms with Crippen LogP contribution in [0.25, 0.3) is 0 Å². The second-order valence-corrected chi connectivity index (χ2v) is 4.59. The van der Waals surface area contributed by atoms with Crippen molar-refractivity contribution in [3.8, 4) is 0 Å². The normalized spacial score (nSPS) is 12.1. The molecule has 0 saturated heterocycles. The topological polar surface area (TPSA) is 25.2 Å². The van der Waals surface area contributed by atoms with Crippen molar-refractivity contribution in [3.05, 3.63) is 64.1 Å². The summed E-state index contributed by atoms with van der Waals surface area (Å²) in [4.78, 5) is 3.71. The summed E-state index contributed by atoms with van der Waals surface area (Å²) in [5.74, 6) is -0.397. The van der Waals surface area contributed by atoms with Crippen LogP contribution < -0.4 is 0 Å². The molecule has 0 N–H and O–H groups in total. The van der Waals surface area contributed by atoms with E-state index in [1.165, 1.54) is 12.4 Å². The second kappa shape index (κ2) is 5.42. The van der Waals surface area contributed by atoms with Crippen molar-refractivity contribution in [2.75, 3.05) is 0 Å². The molecule has 2 nitrogen and oxygen atoms in total. The van der Waals surface area contributed by atoms with Gasteiger partial charge in [-0.1, -0.05) is 28.1 Å². The van der Waals surface area contributed by atoms with Crippen molar-refractivity contribution in [2.45, 2.75) is 6.04 Å². The highest BCUT2D eigenvalue weighted by Gasteiger charge is 2.16. The van der Waals surface area contributed by atoms with Crippen LogP contribution in [0.5, 0.6) is 0 Å². The Morgan fingerprint density at radius 3 is 2.82 bits per heavy atom. The van der Waals surface area contributed by atoms with Gasteiger partial charge in [0.1, 0.15) is 11.9 Å². The number of halogens is 2. The summed E-state index contributed by atoms with van der Waals surface area (Å²) in [6.45, 7) is 0. The van der Waals surface area contributed by atoms with Crippen molar-refractivity contribution >= 4 is 28.4 Å². The lowest BCUT2D eigenvalue weighted by molar-refractivity contribution is 0.594. The molecule has 0 aliphatic heterocycles. The Balaban J connectivity index is 2.48. The predicted molar refractivity (Wildman–Crippen MR) is 70.0 cm³/mol.